The molecule has 1 unspecified atom stereocenters. The van der Waals surface area contributed by atoms with Gasteiger partial charge in [-0.1, -0.05) is 0 Å². The van der Waals surface area contributed by atoms with Crippen LogP contribution in [0.4, 0.5) is 4.79 Å². The van der Waals surface area contributed by atoms with E-state index in [1.54, 1.807) is 25.8 Å². The van der Waals surface area contributed by atoms with E-state index in [-0.39, 0.29) is 11.9 Å². The number of piperidine rings is 1. The van der Waals surface area contributed by atoms with Crippen LogP contribution in [0.2, 0.25) is 0 Å². The Hall–Kier alpha value is -1.77. The second-order valence-electron chi connectivity index (χ2n) is 5.55. The number of nitrogens with zero attached hydrogens (tertiary/aromatic N) is 3. The predicted octanol–water partition coefficient (Wildman–Crippen LogP) is 1.38. The van der Waals surface area contributed by atoms with Crippen LogP contribution in [0, 0.1) is 22.7 Å². The minimum absolute atomic E-state index is 0.130. The van der Waals surface area contributed by atoms with E-state index >= 15 is 0 Å². The molecule has 1 aliphatic rings. The minimum atomic E-state index is -0.800. The molecule has 0 aromatic carbocycles. The summed E-state index contributed by atoms with van der Waals surface area (Å²) in [6.07, 6.45) is 0.936. The zero-order chi connectivity index (χ0) is 14.6. The van der Waals surface area contributed by atoms with Gasteiger partial charge < -0.3 is 14.9 Å². The van der Waals surface area contributed by atoms with E-state index in [0.29, 0.717) is 32.5 Å². The number of hydrogen-bond acceptors (Lipinski definition) is 3. The first-order valence-electron chi connectivity index (χ1n) is 6.43. The Kier molecular flexibility index (Phi) is 4.76. The molecular formula is C13H21N3O3. The van der Waals surface area contributed by atoms with Gasteiger partial charge in [0.2, 0.25) is 0 Å². The lowest BCUT2D eigenvalue weighted by atomic mass is 9.80. The van der Waals surface area contributed by atoms with Gasteiger partial charge in [-0.25, -0.2) is 4.79 Å². The van der Waals surface area contributed by atoms with E-state index in [0.717, 1.165) is 0 Å². The molecule has 1 fully saturated rings. The Labute approximate surface area is 113 Å². The van der Waals surface area contributed by atoms with E-state index in [1.807, 2.05) is 0 Å². The number of likely N-dealkylation sites (tertiary alicyclic amines) is 1. The van der Waals surface area contributed by atoms with Gasteiger partial charge in [-0.2, -0.15) is 5.26 Å². The molecule has 19 heavy (non-hydrogen) atoms. The summed E-state index contributed by atoms with van der Waals surface area (Å²) in [5.41, 5.74) is -0.727. The molecule has 106 valence electrons. The number of aliphatic carboxylic acids is 1. The van der Waals surface area contributed by atoms with Crippen molar-refractivity contribution < 1.29 is 14.7 Å². The van der Waals surface area contributed by atoms with Crippen molar-refractivity contribution in [3.8, 4) is 6.07 Å². The van der Waals surface area contributed by atoms with Gasteiger partial charge in [0.15, 0.2) is 0 Å². The van der Waals surface area contributed by atoms with Crippen LogP contribution in [-0.4, -0.2) is 53.6 Å². The second kappa shape index (κ2) is 5.91. The van der Waals surface area contributed by atoms with Crippen LogP contribution in [0.3, 0.4) is 0 Å². The fourth-order valence-electron chi connectivity index (χ4n) is 2.18. The van der Waals surface area contributed by atoms with E-state index in [1.165, 1.54) is 4.90 Å². The molecular weight excluding hydrogens is 246 g/mol. The molecule has 2 amide bonds. The summed E-state index contributed by atoms with van der Waals surface area (Å²) in [7, 11) is 1.67. The zero-order valence-corrected chi connectivity index (χ0v) is 11.7. The van der Waals surface area contributed by atoms with Crippen molar-refractivity contribution in [2.45, 2.75) is 26.7 Å². The Morgan fingerprint density at radius 2 is 2.00 bits per heavy atom. The second-order valence-corrected chi connectivity index (χ2v) is 5.55. The quantitative estimate of drug-likeness (QED) is 0.837. The number of carbonyl (C=O) groups excluding carboxylic acids is 1. The van der Waals surface area contributed by atoms with Gasteiger partial charge >= 0.3 is 12.0 Å². The molecule has 1 rings (SSSR count). The molecule has 6 nitrogen and oxygen atoms in total. The summed E-state index contributed by atoms with van der Waals surface area (Å²) in [5.74, 6) is -1.01. The Morgan fingerprint density at radius 3 is 2.42 bits per heavy atom. The number of urea groups is 1. The smallest absolute Gasteiger partial charge is 0.319 e. The first-order chi connectivity index (χ1) is 8.80. The lowest BCUT2D eigenvalue weighted by Crippen LogP contribution is -2.49. The van der Waals surface area contributed by atoms with Gasteiger partial charge in [0, 0.05) is 26.7 Å². The molecule has 6 heteroatoms. The van der Waals surface area contributed by atoms with Crippen LogP contribution in [0.15, 0.2) is 0 Å². The van der Waals surface area contributed by atoms with E-state index in [9.17, 15) is 9.59 Å². The Morgan fingerprint density at radius 1 is 1.47 bits per heavy atom. The summed E-state index contributed by atoms with van der Waals surface area (Å²) >= 11 is 0. The third-order valence-corrected chi connectivity index (χ3v) is 3.75. The average Bonchev–Trinajstić information content (AvgIpc) is 2.38. The van der Waals surface area contributed by atoms with E-state index < -0.39 is 11.4 Å². The predicted molar refractivity (Wildman–Crippen MR) is 69.4 cm³/mol. The molecule has 0 spiro atoms. The molecule has 1 aliphatic heterocycles. The summed E-state index contributed by atoms with van der Waals surface area (Å²) in [6, 6.07) is 1.96. The average molecular weight is 267 g/mol. The molecule has 0 aromatic rings. The molecule has 1 heterocycles. The number of carboxylic acids is 1. The number of carboxylic acid groups (broad SMARTS) is 1. The number of amides is 2. The highest BCUT2D eigenvalue weighted by Crippen LogP contribution is 2.31. The Balaban J connectivity index is 2.54. The number of carbonyl (C=O) groups is 2. The highest BCUT2D eigenvalue weighted by atomic mass is 16.4. The standard InChI is InChI=1S/C13H21N3O3/c1-10(8-14)9-15(3)12(19)16-6-4-13(2,5-7-16)11(17)18/h10H,4-7,9H2,1-3H3,(H,17,18). The number of rotatable bonds is 3. The van der Waals surface area contributed by atoms with E-state index in [4.69, 9.17) is 10.4 Å². The molecule has 0 aliphatic carbocycles. The topological polar surface area (TPSA) is 84.6 Å². The fraction of sp³-hybridized carbons (Fsp3) is 0.769. The fourth-order valence-corrected chi connectivity index (χ4v) is 2.18. The third-order valence-electron chi connectivity index (χ3n) is 3.75. The van der Waals surface area contributed by atoms with Crippen molar-refractivity contribution in [3.63, 3.8) is 0 Å². The van der Waals surface area contributed by atoms with Crippen molar-refractivity contribution in [2.24, 2.45) is 11.3 Å². The molecule has 0 saturated carbocycles. The van der Waals surface area contributed by atoms with Gasteiger partial charge in [-0.3, -0.25) is 4.79 Å². The minimum Gasteiger partial charge on any atom is -0.481 e. The van der Waals surface area contributed by atoms with Crippen LogP contribution >= 0.6 is 0 Å². The van der Waals surface area contributed by atoms with Gasteiger partial charge in [0.05, 0.1) is 17.4 Å². The summed E-state index contributed by atoms with van der Waals surface area (Å²) < 4.78 is 0. The maximum absolute atomic E-state index is 12.1. The van der Waals surface area contributed by atoms with Gasteiger partial charge in [0.1, 0.15) is 0 Å². The monoisotopic (exact) mass is 267 g/mol. The maximum atomic E-state index is 12.1. The molecule has 0 bridgehead atoms. The van der Waals surface area contributed by atoms with Gasteiger partial charge in [-0.15, -0.1) is 0 Å². The first kappa shape index (κ1) is 15.3. The van der Waals surface area contributed by atoms with Crippen molar-refractivity contribution >= 4 is 12.0 Å². The van der Waals surface area contributed by atoms with Crippen LogP contribution in [0.25, 0.3) is 0 Å². The SMILES string of the molecule is CC(C#N)CN(C)C(=O)N1CCC(C)(C(=O)O)CC1. The summed E-state index contributed by atoms with van der Waals surface area (Å²) in [5, 5.41) is 17.9. The summed E-state index contributed by atoms with van der Waals surface area (Å²) in [4.78, 5) is 26.4. The normalized spacial score (nSPS) is 19.4. The molecule has 0 radical (unpaired) electrons. The van der Waals surface area contributed by atoms with Crippen molar-refractivity contribution in [2.75, 3.05) is 26.7 Å². The third kappa shape index (κ3) is 3.60. The number of hydrogen-bond donors (Lipinski definition) is 1. The first-order valence-corrected chi connectivity index (χ1v) is 6.43. The van der Waals surface area contributed by atoms with Crippen LogP contribution in [0.1, 0.15) is 26.7 Å². The largest absolute Gasteiger partial charge is 0.481 e. The molecule has 0 aromatic heterocycles. The number of nitriles is 1. The zero-order valence-electron chi connectivity index (χ0n) is 11.7. The maximum Gasteiger partial charge on any atom is 0.319 e. The van der Waals surface area contributed by atoms with Gasteiger partial charge in [0.25, 0.3) is 0 Å². The van der Waals surface area contributed by atoms with Crippen LogP contribution < -0.4 is 0 Å². The lowest BCUT2D eigenvalue weighted by Gasteiger charge is -2.38. The molecule has 1 N–H and O–H groups in total. The van der Waals surface area contributed by atoms with Crippen molar-refractivity contribution in [1.29, 1.82) is 5.26 Å². The summed E-state index contributed by atoms with van der Waals surface area (Å²) in [6.45, 7) is 4.78. The van der Waals surface area contributed by atoms with Crippen LogP contribution in [-0.2, 0) is 4.79 Å². The van der Waals surface area contributed by atoms with E-state index in [2.05, 4.69) is 6.07 Å². The molecule has 1 saturated heterocycles. The van der Waals surface area contributed by atoms with Gasteiger partial charge in [-0.05, 0) is 26.7 Å². The van der Waals surface area contributed by atoms with Crippen molar-refractivity contribution in [1.82, 2.24) is 9.80 Å². The van der Waals surface area contributed by atoms with Crippen molar-refractivity contribution in [3.05, 3.63) is 0 Å². The highest BCUT2D eigenvalue weighted by molar-refractivity contribution is 5.77. The van der Waals surface area contributed by atoms with Crippen LogP contribution in [0.5, 0.6) is 0 Å². The molecule has 1 atom stereocenters. The lowest BCUT2D eigenvalue weighted by molar-refractivity contribution is -0.150. The Bertz CT molecular complexity index is 394. The highest BCUT2D eigenvalue weighted by Gasteiger charge is 2.38.